The van der Waals surface area contributed by atoms with Crippen molar-refractivity contribution in [1.29, 1.82) is 0 Å². The Bertz CT molecular complexity index is 658. The maximum Gasteiger partial charge on any atom is 0.306 e. The van der Waals surface area contributed by atoms with Crippen LogP contribution in [0.25, 0.3) is 0 Å². The molecule has 0 amide bonds. The highest BCUT2D eigenvalue weighted by Crippen LogP contribution is 2.34. The summed E-state index contributed by atoms with van der Waals surface area (Å²) in [5.41, 5.74) is -1.55. The van der Waals surface area contributed by atoms with Gasteiger partial charge in [-0.3, -0.25) is 10.1 Å². The number of benzene rings is 1. The van der Waals surface area contributed by atoms with Crippen molar-refractivity contribution in [3.8, 4) is 0 Å². The zero-order valence-corrected chi connectivity index (χ0v) is 12.2. The number of methoxy groups -OCH3 is 1. The Morgan fingerprint density at radius 3 is 2.62 bits per heavy atom. The molecule has 0 spiro atoms. The van der Waals surface area contributed by atoms with Gasteiger partial charge in [0.1, 0.15) is 0 Å². The van der Waals surface area contributed by atoms with Crippen LogP contribution in [0.15, 0.2) is 23.1 Å². The van der Waals surface area contributed by atoms with E-state index in [1.807, 2.05) is 0 Å². The number of nitro benzene ring substituents is 1. The van der Waals surface area contributed by atoms with Gasteiger partial charge in [0.05, 0.1) is 22.0 Å². The summed E-state index contributed by atoms with van der Waals surface area (Å²) in [7, 11) is -2.51. The number of hydrogen-bond acceptors (Lipinski definition) is 5. The first kappa shape index (κ1) is 15.8. The van der Waals surface area contributed by atoms with Crippen LogP contribution in [0.5, 0.6) is 0 Å². The molecule has 2 rings (SSSR count). The van der Waals surface area contributed by atoms with Crippen molar-refractivity contribution in [1.82, 2.24) is 4.72 Å². The second kappa shape index (κ2) is 5.66. The Morgan fingerprint density at radius 1 is 1.48 bits per heavy atom. The molecule has 1 saturated carbocycles. The van der Waals surface area contributed by atoms with Gasteiger partial charge in [0, 0.05) is 13.2 Å². The maximum absolute atomic E-state index is 13.3. The van der Waals surface area contributed by atoms with Gasteiger partial charge < -0.3 is 4.74 Å². The number of ether oxygens (including phenoxy) is 1. The van der Waals surface area contributed by atoms with Crippen molar-refractivity contribution >= 4 is 15.7 Å². The average molecular weight is 318 g/mol. The average Bonchev–Trinajstić information content (AvgIpc) is 2.36. The van der Waals surface area contributed by atoms with Crippen molar-refractivity contribution in [2.45, 2.75) is 29.7 Å². The summed E-state index contributed by atoms with van der Waals surface area (Å²) in [6, 6.07) is 2.50. The number of rotatable bonds is 6. The van der Waals surface area contributed by atoms with E-state index in [4.69, 9.17) is 4.74 Å². The van der Waals surface area contributed by atoms with E-state index in [2.05, 4.69) is 4.72 Å². The molecule has 0 radical (unpaired) electrons. The fourth-order valence-corrected chi connectivity index (χ4v) is 3.76. The third-order valence-electron chi connectivity index (χ3n) is 3.51. The number of nitrogens with zero attached hydrogens (tertiary/aromatic N) is 1. The molecule has 0 aliphatic heterocycles. The number of hydrogen-bond donors (Lipinski definition) is 1. The molecule has 1 N–H and O–H groups in total. The van der Waals surface area contributed by atoms with Crippen molar-refractivity contribution in [3.05, 3.63) is 34.1 Å². The minimum atomic E-state index is -3.97. The number of halogens is 1. The van der Waals surface area contributed by atoms with Gasteiger partial charge in [-0.2, -0.15) is 4.39 Å². The van der Waals surface area contributed by atoms with Crippen LogP contribution in [-0.4, -0.2) is 32.6 Å². The predicted octanol–water partition coefficient (Wildman–Crippen LogP) is 1.58. The molecule has 0 saturated heterocycles. The SMILES string of the molecule is COCC1(NS(=O)(=O)c2ccc(F)c([N+](=O)[O-])c2)CCC1. The van der Waals surface area contributed by atoms with E-state index in [1.165, 1.54) is 7.11 Å². The number of sulfonamides is 1. The summed E-state index contributed by atoms with van der Waals surface area (Å²) in [6.07, 6.45) is 2.13. The summed E-state index contributed by atoms with van der Waals surface area (Å²) in [5, 5.41) is 10.7. The minimum Gasteiger partial charge on any atom is -0.383 e. The molecule has 0 aromatic heterocycles. The molecule has 1 aliphatic carbocycles. The first-order valence-corrected chi connectivity index (χ1v) is 7.75. The topological polar surface area (TPSA) is 98.5 Å². The molecule has 7 nitrogen and oxygen atoms in total. The van der Waals surface area contributed by atoms with Crippen LogP contribution in [0.3, 0.4) is 0 Å². The lowest BCUT2D eigenvalue weighted by Crippen LogP contribution is -2.56. The smallest absolute Gasteiger partial charge is 0.306 e. The summed E-state index contributed by atoms with van der Waals surface area (Å²) in [6.45, 7) is 0.218. The van der Waals surface area contributed by atoms with Crippen LogP contribution < -0.4 is 4.72 Å². The molecule has 0 bridgehead atoms. The van der Waals surface area contributed by atoms with E-state index in [9.17, 15) is 22.9 Å². The van der Waals surface area contributed by atoms with Crippen LogP contribution in [0.2, 0.25) is 0 Å². The summed E-state index contributed by atoms with van der Waals surface area (Å²) in [5.74, 6) is -1.07. The van der Waals surface area contributed by atoms with Gasteiger partial charge in [-0.05, 0) is 31.4 Å². The fourth-order valence-electron chi connectivity index (χ4n) is 2.30. The highest BCUT2D eigenvalue weighted by molar-refractivity contribution is 7.89. The van der Waals surface area contributed by atoms with Gasteiger partial charge in [0.25, 0.3) is 0 Å². The molecule has 1 aromatic carbocycles. The predicted molar refractivity (Wildman–Crippen MR) is 71.8 cm³/mol. The zero-order chi connectivity index (χ0) is 15.7. The fraction of sp³-hybridized carbons (Fsp3) is 0.500. The Balaban J connectivity index is 2.31. The van der Waals surface area contributed by atoms with Gasteiger partial charge in [-0.25, -0.2) is 13.1 Å². The number of nitrogens with one attached hydrogen (secondary N) is 1. The quantitative estimate of drug-likeness (QED) is 0.634. The molecule has 0 unspecified atom stereocenters. The zero-order valence-electron chi connectivity index (χ0n) is 11.3. The van der Waals surface area contributed by atoms with Crippen LogP contribution in [0.1, 0.15) is 19.3 Å². The van der Waals surface area contributed by atoms with Gasteiger partial charge in [0.2, 0.25) is 15.8 Å². The Morgan fingerprint density at radius 2 is 2.14 bits per heavy atom. The summed E-state index contributed by atoms with van der Waals surface area (Å²) < 4.78 is 45.4. The Kier molecular flexibility index (Phi) is 4.26. The standard InChI is InChI=1S/C12H15FN2O5S/c1-20-8-12(5-2-6-12)14-21(18,19)9-3-4-10(13)11(7-9)15(16)17/h3-4,7,14H,2,5-6,8H2,1H3. The van der Waals surface area contributed by atoms with Crippen molar-refractivity contribution in [3.63, 3.8) is 0 Å². The van der Waals surface area contributed by atoms with Crippen LogP contribution in [0, 0.1) is 15.9 Å². The van der Waals surface area contributed by atoms with Crippen molar-refractivity contribution in [2.75, 3.05) is 13.7 Å². The van der Waals surface area contributed by atoms with E-state index < -0.39 is 32.0 Å². The van der Waals surface area contributed by atoms with Crippen LogP contribution in [-0.2, 0) is 14.8 Å². The van der Waals surface area contributed by atoms with Gasteiger partial charge in [0.15, 0.2) is 0 Å². The second-order valence-corrected chi connectivity index (χ2v) is 6.73. The Labute approximate surface area is 121 Å². The normalized spacial score (nSPS) is 17.2. The molecule has 116 valence electrons. The van der Waals surface area contributed by atoms with Crippen molar-refractivity contribution in [2.24, 2.45) is 0 Å². The minimum absolute atomic E-state index is 0.218. The largest absolute Gasteiger partial charge is 0.383 e. The monoisotopic (exact) mass is 318 g/mol. The van der Waals surface area contributed by atoms with E-state index in [0.29, 0.717) is 12.8 Å². The lowest BCUT2D eigenvalue weighted by molar-refractivity contribution is -0.387. The van der Waals surface area contributed by atoms with Gasteiger partial charge in [-0.1, -0.05) is 0 Å². The van der Waals surface area contributed by atoms with Crippen molar-refractivity contribution < 1.29 is 22.5 Å². The van der Waals surface area contributed by atoms with E-state index in [0.717, 1.165) is 24.6 Å². The lowest BCUT2D eigenvalue weighted by atomic mass is 9.78. The summed E-state index contributed by atoms with van der Waals surface area (Å²) >= 11 is 0. The van der Waals surface area contributed by atoms with Gasteiger partial charge >= 0.3 is 5.69 Å². The summed E-state index contributed by atoms with van der Waals surface area (Å²) in [4.78, 5) is 9.40. The Hall–Kier alpha value is -1.58. The second-order valence-electron chi connectivity index (χ2n) is 5.04. The molecule has 1 aliphatic rings. The molecule has 9 heteroatoms. The van der Waals surface area contributed by atoms with E-state index in [1.54, 1.807) is 0 Å². The third-order valence-corrected chi connectivity index (χ3v) is 5.08. The molecular weight excluding hydrogens is 303 g/mol. The highest BCUT2D eigenvalue weighted by atomic mass is 32.2. The molecule has 1 fully saturated rings. The number of nitro groups is 1. The molecule has 1 aromatic rings. The van der Waals surface area contributed by atoms with E-state index in [-0.39, 0.29) is 11.5 Å². The maximum atomic E-state index is 13.3. The molecule has 0 atom stereocenters. The first-order chi connectivity index (χ1) is 9.80. The van der Waals surface area contributed by atoms with E-state index >= 15 is 0 Å². The molecule has 21 heavy (non-hydrogen) atoms. The molecular formula is C12H15FN2O5S. The highest BCUT2D eigenvalue weighted by Gasteiger charge is 2.41. The lowest BCUT2D eigenvalue weighted by Gasteiger charge is -2.41. The van der Waals surface area contributed by atoms with Crippen LogP contribution in [0.4, 0.5) is 10.1 Å². The third kappa shape index (κ3) is 3.20. The van der Waals surface area contributed by atoms with Crippen LogP contribution >= 0.6 is 0 Å². The van der Waals surface area contributed by atoms with Gasteiger partial charge in [-0.15, -0.1) is 0 Å². The molecule has 0 heterocycles. The first-order valence-electron chi connectivity index (χ1n) is 6.26.